The molecule has 0 aliphatic carbocycles. The SMILES string of the molecule is CCOC(=O)c1ccc(N)c(NCCc2ccncc2)c1. The Kier molecular flexibility index (Phi) is 5.15. The number of esters is 1. The van der Waals surface area contributed by atoms with Crippen LogP contribution in [0.2, 0.25) is 0 Å². The van der Waals surface area contributed by atoms with E-state index in [9.17, 15) is 4.79 Å². The van der Waals surface area contributed by atoms with E-state index in [2.05, 4.69) is 10.3 Å². The third kappa shape index (κ3) is 4.21. The van der Waals surface area contributed by atoms with Gasteiger partial charge in [-0.15, -0.1) is 0 Å². The minimum Gasteiger partial charge on any atom is -0.462 e. The fourth-order valence-electron chi connectivity index (χ4n) is 1.94. The molecule has 0 amide bonds. The predicted molar refractivity (Wildman–Crippen MR) is 83.2 cm³/mol. The standard InChI is InChI=1S/C16H19N3O2/c1-2-21-16(20)13-3-4-14(17)15(11-13)19-10-7-12-5-8-18-9-6-12/h3-6,8-9,11,19H,2,7,10,17H2,1H3. The largest absolute Gasteiger partial charge is 0.462 e. The zero-order chi connectivity index (χ0) is 15.1. The quantitative estimate of drug-likeness (QED) is 0.630. The second-order valence-electron chi connectivity index (χ2n) is 4.55. The summed E-state index contributed by atoms with van der Waals surface area (Å²) in [6.07, 6.45) is 4.39. The first kappa shape index (κ1) is 14.8. The van der Waals surface area contributed by atoms with Gasteiger partial charge in [0.1, 0.15) is 0 Å². The van der Waals surface area contributed by atoms with Crippen LogP contribution in [-0.2, 0) is 11.2 Å². The molecule has 0 bridgehead atoms. The molecule has 2 aromatic rings. The van der Waals surface area contributed by atoms with Gasteiger partial charge in [0.25, 0.3) is 0 Å². The summed E-state index contributed by atoms with van der Waals surface area (Å²) in [5.41, 5.74) is 8.96. The maximum absolute atomic E-state index is 11.7. The van der Waals surface area contributed by atoms with Crippen LogP contribution >= 0.6 is 0 Å². The lowest BCUT2D eigenvalue weighted by molar-refractivity contribution is 0.0526. The summed E-state index contributed by atoms with van der Waals surface area (Å²) in [5.74, 6) is -0.338. The number of carbonyl (C=O) groups excluding carboxylic acids is 1. The molecule has 1 heterocycles. The Morgan fingerprint density at radius 2 is 2.05 bits per heavy atom. The van der Waals surface area contributed by atoms with Crippen LogP contribution in [0.1, 0.15) is 22.8 Å². The third-order valence-corrected chi connectivity index (χ3v) is 3.04. The van der Waals surface area contributed by atoms with Crippen molar-refractivity contribution >= 4 is 17.3 Å². The van der Waals surface area contributed by atoms with Crippen LogP contribution in [0.25, 0.3) is 0 Å². The summed E-state index contributed by atoms with van der Waals surface area (Å²) >= 11 is 0. The molecule has 0 atom stereocenters. The van der Waals surface area contributed by atoms with Gasteiger partial charge < -0.3 is 15.8 Å². The zero-order valence-electron chi connectivity index (χ0n) is 12.0. The lowest BCUT2D eigenvalue weighted by atomic mass is 10.1. The monoisotopic (exact) mass is 285 g/mol. The van der Waals surface area contributed by atoms with E-state index in [1.54, 1.807) is 37.5 Å². The number of nitrogens with two attached hydrogens (primary N) is 1. The Morgan fingerprint density at radius 1 is 1.29 bits per heavy atom. The highest BCUT2D eigenvalue weighted by Crippen LogP contribution is 2.20. The number of nitrogen functional groups attached to an aromatic ring is 1. The molecule has 0 aliphatic rings. The molecule has 0 spiro atoms. The van der Waals surface area contributed by atoms with Gasteiger partial charge in [0.05, 0.1) is 23.5 Å². The molecular weight excluding hydrogens is 266 g/mol. The van der Waals surface area contributed by atoms with Crippen molar-refractivity contribution in [1.82, 2.24) is 4.98 Å². The summed E-state index contributed by atoms with van der Waals surface area (Å²) < 4.78 is 4.98. The molecule has 0 saturated heterocycles. The zero-order valence-corrected chi connectivity index (χ0v) is 12.0. The fourth-order valence-corrected chi connectivity index (χ4v) is 1.94. The molecule has 1 aromatic carbocycles. The lowest BCUT2D eigenvalue weighted by Gasteiger charge is -2.11. The first-order valence-electron chi connectivity index (χ1n) is 6.90. The van der Waals surface area contributed by atoms with Gasteiger partial charge in [0, 0.05) is 18.9 Å². The van der Waals surface area contributed by atoms with E-state index in [0.29, 0.717) is 17.9 Å². The van der Waals surface area contributed by atoms with Gasteiger partial charge in [-0.1, -0.05) is 0 Å². The van der Waals surface area contributed by atoms with Gasteiger partial charge >= 0.3 is 5.97 Å². The number of hydrogen-bond donors (Lipinski definition) is 2. The summed E-state index contributed by atoms with van der Waals surface area (Å²) in [5, 5.41) is 3.25. The topological polar surface area (TPSA) is 77.2 Å². The average molecular weight is 285 g/mol. The van der Waals surface area contributed by atoms with Crippen molar-refractivity contribution in [3.63, 3.8) is 0 Å². The highest BCUT2D eigenvalue weighted by atomic mass is 16.5. The average Bonchev–Trinajstić information content (AvgIpc) is 2.50. The summed E-state index contributed by atoms with van der Waals surface area (Å²) in [6.45, 7) is 2.86. The summed E-state index contributed by atoms with van der Waals surface area (Å²) in [7, 11) is 0. The van der Waals surface area contributed by atoms with E-state index in [4.69, 9.17) is 10.5 Å². The number of hydrogen-bond acceptors (Lipinski definition) is 5. The molecule has 0 fully saturated rings. The van der Waals surface area contributed by atoms with Crippen LogP contribution in [-0.4, -0.2) is 24.1 Å². The van der Waals surface area contributed by atoms with Crippen LogP contribution in [0.4, 0.5) is 11.4 Å². The highest BCUT2D eigenvalue weighted by Gasteiger charge is 2.09. The Labute approximate surface area is 124 Å². The number of nitrogens with zero attached hydrogens (tertiary/aromatic N) is 1. The Hall–Kier alpha value is -2.56. The second kappa shape index (κ2) is 7.28. The van der Waals surface area contributed by atoms with Crippen LogP contribution in [0, 0.1) is 0 Å². The first-order valence-corrected chi connectivity index (χ1v) is 6.90. The Balaban J connectivity index is 1.99. The van der Waals surface area contributed by atoms with Crippen molar-refractivity contribution in [1.29, 1.82) is 0 Å². The normalized spacial score (nSPS) is 10.1. The van der Waals surface area contributed by atoms with E-state index < -0.39 is 0 Å². The lowest BCUT2D eigenvalue weighted by Crippen LogP contribution is -2.09. The molecule has 0 aliphatic heterocycles. The number of pyridine rings is 1. The molecule has 3 N–H and O–H groups in total. The van der Waals surface area contributed by atoms with Crippen molar-refractivity contribution in [3.8, 4) is 0 Å². The number of aromatic nitrogens is 1. The Bertz CT molecular complexity index is 600. The molecule has 110 valence electrons. The van der Waals surface area contributed by atoms with Gasteiger partial charge in [-0.2, -0.15) is 0 Å². The van der Waals surface area contributed by atoms with Crippen LogP contribution in [0.15, 0.2) is 42.7 Å². The first-order chi connectivity index (χ1) is 10.2. The van der Waals surface area contributed by atoms with Gasteiger partial charge in [-0.25, -0.2) is 4.79 Å². The maximum atomic E-state index is 11.7. The van der Waals surface area contributed by atoms with E-state index in [0.717, 1.165) is 18.7 Å². The number of nitrogens with one attached hydrogen (secondary N) is 1. The van der Waals surface area contributed by atoms with Crippen molar-refractivity contribution in [3.05, 3.63) is 53.9 Å². The molecular formula is C16H19N3O2. The minimum atomic E-state index is -0.338. The Morgan fingerprint density at radius 3 is 2.76 bits per heavy atom. The smallest absolute Gasteiger partial charge is 0.338 e. The summed E-state index contributed by atoms with van der Waals surface area (Å²) in [4.78, 5) is 15.7. The number of carbonyl (C=O) groups is 1. The van der Waals surface area contributed by atoms with E-state index in [1.807, 2.05) is 12.1 Å². The van der Waals surface area contributed by atoms with E-state index in [1.165, 1.54) is 5.56 Å². The van der Waals surface area contributed by atoms with Crippen molar-refractivity contribution in [2.45, 2.75) is 13.3 Å². The number of anilines is 2. The van der Waals surface area contributed by atoms with Crippen molar-refractivity contribution in [2.24, 2.45) is 0 Å². The van der Waals surface area contributed by atoms with Crippen LogP contribution in [0.3, 0.4) is 0 Å². The van der Waals surface area contributed by atoms with Gasteiger partial charge in [-0.05, 0) is 49.2 Å². The van der Waals surface area contributed by atoms with Crippen molar-refractivity contribution in [2.75, 3.05) is 24.2 Å². The number of benzene rings is 1. The molecule has 0 radical (unpaired) electrons. The fraction of sp³-hybridized carbons (Fsp3) is 0.250. The number of rotatable bonds is 6. The van der Waals surface area contributed by atoms with Gasteiger partial charge in [0.15, 0.2) is 0 Å². The molecule has 5 heteroatoms. The predicted octanol–water partition coefficient (Wildman–Crippen LogP) is 2.50. The molecule has 0 saturated carbocycles. The van der Waals surface area contributed by atoms with Gasteiger partial charge in [-0.3, -0.25) is 4.98 Å². The molecule has 21 heavy (non-hydrogen) atoms. The highest BCUT2D eigenvalue weighted by molar-refractivity contribution is 5.92. The molecule has 1 aromatic heterocycles. The minimum absolute atomic E-state index is 0.338. The third-order valence-electron chi connectivity index (χ3n) is 3.04. The molecule has 5 nitrogen and oxygen atoms in total. The number of ether oxygens (including phenoxy) is 1. The summed E-state index contributed by atoms with van der Waals surface area (Å²) in [6, 6.07) is 9.04. The second-order valence-corrected chi connectivity index (χ2v) is 4.55. The molecule has 2 rings (SSSR count). The van der Waals surface area contributed by atoms with Crippen LogP contribution in [0.5, 0.6) is 0 Å². The van der Waals surface area contributed by atoms with E-state index in [-0.39, 0.29) is 5.97 Å². The maximum Gasteiger partial charge on any atom is 0.338 e. The molecule has 0 unspecified atom stereocenters. The van der Waals surface area contributed by atoms with Crippen molar-refractivity contribution < 1.29 is 9.53 Å². The van der Waals surface area contributed by atoms with E-state index >= 15 is 0 Å². The van der Waals surface area contributed by atoms with Crippen LogP contribution < -0.4 is 11.1 Å². The van der Waals surface area contributed by atoms with Gasteiger partial charge in [0.2, 0.25) is 0 Å².